The fourth-order valence-corrected chi connectivity index (χ4v) is 7.34. The lowest BCUT2D eigenvalue weighted by molar-refractivity contribution is -0.138. The number of piperidine rings is 1. The highest BCUT2D eigenvalue weighted by molar-refractivity contribution is 6.08. The van der Waals surface area contributed by atoms with Crippen LogP contribution in [0.4, 0.5) is 23.2 Å². The first-order chi connectivity index (χ1) is 27.7. The molecule has 0 spiro atoms. The molecule has 1 saturated heterocycles. The Morgan fingerprint density at radius 2 is 1.67 bits per heavy atom. The van der Waals surface area contributed by atoms with Gasteiger partial charge in [0.05, 0.1) is 34.3 Å². The number of alkyl halides is 3. The number of carbonyl (C=O) groups excluding carboxylic acids is 6. The van der Waals surface area contributed by atoms with Crippen LogP contribution in [0.2, 0.25) is 0 Å². The third-order valence-corrected chi connectivity index (χ3v) is 10.5. The van der Waals surface area contributed by atoms with Crippen LogP contribution in [0.15, 0.2) is 54.7 Å². The van der Waals surface area contributed by atoms with E-state index < -0.39 is 41.3 Å². The molecular formula is C41H39F4N7O6. The lowest BCUT2D eigenvalue weighted by atomic mass is 9.94. The first-order valence-electron chi connectivity index (χ1n) is 18.9. The summed E-state index contributed by atoms with van der Waals surface area (Å²) in [6.45, 7) is 0.529. The van der Waals surface area contributed by atoms with E-state index in [1.807, 2.05) is 0 Å². The maximum atomic E-state index is 15.4. The quantitative estimate of drug-likeness (QED) is 0.0739. The Morgan fingerprint density at radius 3 is 2.36 bits per heavy atom. The van der Waals surface area contributed by atoms with Gasteiger partial charge in [0.25, 0.3) is 17.7 Å². The largest absolute Gasteiger partial charge is 0.417 e. The van der Waals surface area contributed by atoms with Gasteiger partial charge in [-0.1, -0.05) is 18.2 Å². The third kappa shape index (κ3) is 8.33. The number of rotatable bonds is 13. The number of pyridine rings is 1. The van der Waals surface area contributed by atoms with Crippen LogP contribution in [0.1, 0.15) is 86.3 Å². The van der Waals surface area contributed by atoms with Crippen LogP contribution in [0.3, 0.4) is 0 Å². The van der Waals surface area contributed by atoms with Crippen LogP contribution in [0.5, 0.6) is 0 Å². The van der Waals surface area contributed by atoms with Crippen LogP contribution >= 0.6 is 0 Å². The summed E-state index contributed by atoms with van der Waals surface area (Å²) in [5.41, 5.74) is 0.180. The first-order valence-corrected chi connectivity index (χ1v) is 18.9. The molecule has 2 aliphatic heterocycles. The molecule has 3 aliphatic rings. The second-order valence-electron chi connectivity index (χ2n) is 14.5. The minimum atomic E-state index is -4.83. The molecule has 17 heteroatoms. The highest BCUT2D eigenvalue weighted by Crippen LogP contribution is 2.41. The number of nitrogens with one attached hydrogen (secondary N) is 5. The van der Waals surface area contributed by atoms with Crippen molar-refractivity contribution in [2.45, 2.75) is 69.8 Å². The molecule has 1 atom stereocenters. The summed E-state index contributed by atoms with van der Waals surface area (Å²) < 4.78 is 58.3. The van der Waals surface area contributed by atoms with E-state index in [1.54, 1.807) is 18.2 Å². The number of amides is 6. The van der Waals surface area contributed by atoms with Gasteiger partial charge in [-0.3, -0.25) is 39.1 Å². The molecule has 4 aromatic rings. The third-order valence-electron chi connectivity index (χ3n) is 10.5. The van der Waals surface area contributed by atoms with Gasteiger partial charge in [-0.2, -0.15) is 13.2 Å². The molecule has 58 heavy (non-hydrogen) atoms. The molecule has 1 aliphatic carbocycles. The summed E-state index contributed by atoms with van der Waals surface area (Å²) in [6.07, 6.45) is -0.731. The zero-order valence-corrected chi connectivity index (χ0v) is 31.3. The van der Waals surface area contributed by atoms with Crippen LogP contribution in [0, 0.1) is 5.82 Å². The molecule has 6 amide bonds. The average molecular weight is 802 g/mol. The van der Waals surface area contributed by atoms with Crippen LogP contribution < -0.4 is 26.6 Å². The molecule has 3 heterocycles. The van der Waals surface area contributed by atoms with Gasteiger partial charge >= 0.3 is 6.18 Å². The van der Waals surface area contributed by atoms with Gasteiger partial charge in [-0.05, 0) is 84.7 Å². The number of carbonyl (C=O) groups is 6. The summed E-state index contributed by atoms with van der Waals surface area (Å²) in [4.78, 5) is 81.1. The Kier molecular flexibility index (Phi) is 11.1. The molecule has 0 bridgehead atoms. The Hall–Kier alpha value is -6.39. The lowest BCUT2D eigenvalue weighted by Gasteiger charge is -2.29. The lowest BCUT2D eigenvalue weighted by Crippen LogP contribution is -2.52. The number of benzene rings is 3. The Labute approximate surface area is 329 Å². The minimum absolute atomic E-state index is 0.0125. The number of aromatic nitrogens is 1. The van der Waals surface area contributed by atoms with Crippen molar-refractivity contribution in [3.05, 3.63) is 93.9 Å². The van der Waals surface area contributed by atoms with E-state index >= 15 is 4.39 Å². The average Bonchev–Trinajstić information content (AvgIpc) is 3.94. The number of fused-ring (bicyclic) bond motifs is 2. The van der Waals surface area contributed by atoms with Crippen LogP contribution in [0.25, 0.3) is 22.0 Å². The molecule has 302 valence electrons. The summed E-state index contributed by atoms with van der Waals surface area (Å²) in [6, 6.07) is 9.57. The van der Waals surface area contributed by atoms with Gasteiger partial charge in [-0.15, -0.1) is 0 Å². The zero-order chi connectivity index (χ0) is 41.3. The van der Waals surface area contributed by atoms with Gasteiger partial charge in [0, 0.05) is 56.3 Å². The normalized spacial score (nSPS) is 16.5. The SMILES string of the molecule is CNc1c(C(=O)NC2CC2)cnc2cc(C(F)(F)F)c(-c3ccc(C(=O)NCCCCNC(=O)Cc4cccc5c4CN(C4CCC(=O)NC4=O)C5=O)c(F)c3)cc12. The number of unbranched alkanes of at least 4 members (excludes halogenated alkanes) is 1. The zero-order valence-electron chi connectivity index (χ0n) is 31.3. The van der Waals surface area contributed by atoms with Crippen molar-refractivity contribution in [1.82, 2.24) is 31.2 Å². The fraction of sp³-hybridized carbons (Fsp3) is 0.341. The van der Waals surface area contributed by atoms with E-state index in [-0.39, 0.29) is 102 Å². The van der Waals surface area contributed by atoms with E-state index in [1.165, 1.54) is 30.3 Å². The molecule has 13 nitrogen and oxygen atoms in total. The predicted octanol–water partition coefficient (Wildman–Crippen LogP) is 4.62. The van der Waals surface area contributed by atoms with Crippen LogP contribution in [-0.2, 0) is 33.5 Å². The molecule has 5 N–H and O–H groups in total. The molecule has 1 unspecified atom stereocenters. The number of anilines is 1. The Bertz CT molecular complexity index is 2360. The van der Waals surface area contributed by atoms with Crippen molar-refractivity contribution in [1.29, 1.82) is 0 Å². The Morgan fingerprint density at radius 1 is 0.914 bits per heavy atom. The van der Waals surface area contributed by atoms with Gasteiger partial charge < -0.3 is 26.2 Å². The monoisotopic (exact) mass is 801 g/mol. The molecular weight excluding hydrogens is 762 g/mol. The topological polar surface area (TPSA) is 179 Å². The number of nitrogens with zero attached hydrogens (tertiary/aromatic N) is 2. The summed E-state index contributed by atoms with van der Waals surface area (Å²) in [7, 11) is 1.53. The Balaban J connectivity index is 0.935. The fourth-order valence-electron chi connectivity index (χ4n) is 7.34. The molecule has 1 aromatic heterocycles. The number of halogens is 4. The van der Waals surface area contributed by atoms with E-state index in [2.05, 4.69) is 31.6 Å². The van der Waals surface area contributed by atoms with Crippen molar-refractivity contribution in [2.24, 2.45) is 0 Å². The highest BCUT2D eigenvalue weighted by atomic mass is 19.4. The standard InChI is InChI=1S/C41H39F4N7O6/c1-46-36-27-17-26(30(41(43,44)45)18-32(27)49-19-28(36)38(56)50-23-8-9-23)22-7-10-25(31(42)15-22)37(55)48-14-3-2-13-47-35(54)16-21-5-4-6-24-29(21)20-52(40(24)58)33-11-12-34(53)51-39(33)57/h4-7,10,15,17-19,23,33H,2-3,8-9,11-14,16,20H2,1H3,(H,46,49)(H,47,54)(H,48,55)(H,50,56)(H,51,53,57). The van der Waals surface area contributed by atoms with E-state index in [4.69, 9.17) is 0 Å². The second kappa shape index (κ2) is 16.2. The van der Waals surface area contributed by atoms with Gasteiger partial charge in [0.1, 0.15) is 11.9 Å². The van der Waals surface area contributed by atoms with Gasteiger partial charge in [0.2, 0.25) is 17.7 Å². The highest BCUT2D eigenvalue weighted by Gasteiger charge is 2.40. The van der Waals surface area contributed by atoms with Crippen molar-refractivity contribution in [2.75, 3.05) is 25.5 Å². The molecule has 0 radical (unpaired) electrons. The maximum absolute atomic E-state index is 15.4. The maximum Gasteiger partial charge on any atom is 0.417 e. The minimum Gasteiger partial charge on any atom is -0.387 e. The van der Waals surface area contributed by atoms with Crippen molar-refractivity contribution >= 4 is 52.0 Å². The summed E-state index contributed by atoms with van der Waals surface area (Å²) in [5, 5.41) is 13.6. The van der Waals surface area contributed by atoms with E-state index in [0.717, 1.165) is 31.0 Å². The van der Waals surface area contributed by atoms with Crippen molar-refractivity contribution < 1.29 is 46.3 Å². The predicted molar refractivity (Wildman–Crippen MR) is 203 cm³/mol. The van der Waals surface area contributed by atoms with Gasteiger partial charge in [-0.25, -0.2) is 4.39 Å². The van der Waals surface area contributed by atoms with Crippen LogP contribution in [-0.4, -0.2) is 77.5 Å². The second-order valence-corrected chi connectivity index (χ2v) is 14.5. The van der Waals surface area contributed by atoms with E-state index in [0.29, 0.717) is 29.5 Å². The smallest absolute Gasteiger partial charge is 0.387 e. The summed E-state index contributed by atoms with van der Waals surface area (Å²) in [5.74, 6) is -3.76. The molecule has 3 aromatic carbocycles. The number of imide groups is 1. The van der Waals surface area contributed by atoms with Gasteiger partial charge in [0.15, 0.2) is 0 Å². The molecule has 2 fully saturated rings. The molecule has 1 saturated carbocycles. The number of hydrogen-bond acceptors (Lipinski definition) is 8. The van der Waals surface area contributed by atoms with E-state index in [9.17, 15) is 41.9 Å². The number of hydrogen-bond donors (Lipinski definition) is 5. The van der Waals surface area contributed by atoms with Crippen molar-refractivity contribution in [3.63, 3.8) is 0 Å². The first kappa shape index (κ1) is 39.8. The summed E-state index contributed by atoms with van der Waals surface area (Å²) >= 11 is 0. The molecule has 7 rings (SSSR count). The van der Waals surface area contributed by atoms with Crippen molar-refractivity contribution in [3.8, 4) is 11.1 Å².